The predicted octanol–water partition coefficient (Wildman–Crippen LogP) is 1.86. The molecular weight excluding hydrogens is 424 g/mol. The van der Waals surface area contributed by atoms with Gasteiger partial charge in [0.1, 0.15) is 22.4 Å². The van der Waals surface area contributed by atoms with E-state index in [1.54, 1.807) is 0 Å². The van der Waals surface area contributed by atoms with Gasteiger partial charge in [-0.05, 0) is 12.5 Å². The molecule has 1 heterocycles. The number of benzene rings is 1. The first-order valence-corrected chi connectivity index (χ1v) is 11.6. The molecule has 1 N–H and O–H groups in total. The minimum absolute atomic E-state index is 0.0632. The zero-order valence-electron chi connectivity index (χ0n) is 15.9. The van der Waals surface area contributed by atoms with E-state index in [1.807, 2.05) is 0 Å². The van der Waals surface area contributed by atoms with Crippen LogP contribution in [0.3, 0.4) is 0 Å². The Labute approximate surface area is 174 Å². The van der Waals surface area contributed by atoms with Gasteiger partial charge in [0.05, 0.1) is 30.9 Å². The van der Waals surface area contributed by atoms with Crippen LogP contribution in [0.1, 0.15) is 37.4 Å². The molecule has 1 aromatic carbocycles. The van der Waals surface area contributed by atoms with Crippen LogP contribution in [0.4, 0.5) is 0 Å². The van der Waals surface area contributed by atoms with E-state index >= 15 is 0 Å². The first-order valence-electron chi connectivity index (χ1n) is 9.32. The number of Topliss-reactive ketones (excluding diaryl/α,β-unsaturated/α-hetero) is 2. The number of hydrogen-bond donors (Lipinski definition) is 1. The molecule has 1 aliphatic carbocycles. The Balaban J connectivity index is 1.90. The van der Waals surface area contributed by atoms with Crippen molar-refractivity contribution in [3.05, 3.63) is 22.7 Å². The highest BCUT2D eigenvalue weighted by molar-refractivity contribution is 7.90. The van der Waals surface area contributed by atoms with Gasteiger partial charge < -0.3 is 19.3 Å². The number of aliphatic hydroxyl groups is 1. The summed E-state index contributed by atoms with van der Waals surface area (Å²) in [7, 11) is -3.68. The van der Waals surface area contributed by atoms with Gasteiger partial charge in [-0.25, -0.2) is 8.42 Å². The van der Waals surface area contributed by atoms with Gasteiger partial charge in [0.25, 0.3) is 0 Å². The Hall–Kier alpha value is -1.52. The van der Waals surface area contributed by atoms with Crippen molar-refractivity contribution in [2.24, 2.45) is 5.92 Å². The van der Waals surface area contributed by atoms with Gasteiger partial charge in [-0.1, -0.05) is 17.7 Å². The summed E-state index contributed by atoms with van der Waals surface area (Å²) >= 11 is 6.39. The summed E-state index contributed by atoms with van der Waals surface area (Å²) in [5.74, 6) is -2.04. The molecule has 29 heavy (non-hydrogen) atoms. The van der Waals surface area contributed by atoms with Gasteiger partial charge in [-0.2, -0.15) is 0 Å². The fourth-order valence-corrected chi connectivity index (χ4v) is 4.70. The van der Waals surface area contributed by atoms with Crippen molar-refractivity contribution in [3.63, 3.8) is 0 Å². The molecule has 160 valence electrons. The molecule has 1 atom stereocenters. The maximum atomic E-state index is 12.2. The topological polar surface area (TPSA) is 116 Å². The second-order valence-corrected chi connectivity index (χ2v) is 9.45. The molecule has 0 aromatic heterocycles. The van der Waals surface area contributed by atoms with E-state index in [2.05, 4.69) is 0 Å². The molecular formula is C19H23ClO8S. The molecule has 1 saturated heterocycles. The average molecular weight is 447 g/mol. The van der Waals surface area contributed by atoms with Crippen molar-refractivity contribution in [1.29, 1.82) is 0 Å². The second-order valence-electron chi connectivity index (χ2n) is 7.09. The second kappa shape index (κ2) is 9.09. The molecule has 0 amide bonds. The highest BCUT2D eigenvalue weighted by Crippen LogP contribution is 2.41. The van der Waals surface area contributed by atoms with Crippen molar-refractivity contribution in [3.8, 4) is 5.75 Å². The van der Waals surface area contributed by atoms with Crippen LogP contribution >= 0.6 is 11.6 Å². The number of aliphatic hydroxyl groups excluding tert-OH is 1. The summed E-state index contributed by atoms with van der Waals surface area (Å²) in [5.41, 5.74) is 0.0797. The predicted molar refractivity (Wildman–Crippen MR) is 103 cm³/mol. The third-order valence-electron chi connectivity index (χ3n) is 4.96. The molecule has 0 spiro atoms. The third-order valence-corrected chi connectivity index (χ3v) is 6.47. The molecule has 3 rings (SSSR count). The smallest absolute Gasteiger partial charge is 0.179 e. The summed E-state index contributed by atoms with van der Waals surface area (Å²) in [6.45, 7) is 1.02. The van der Waals surface area contributed by atoms with Crippen LogP contribution in [-0.4, -0.2) is 57.5 Å². The fraction of sp³-hybridized carbons (Fsp3) is 0.579. The van der Waals surface area contributed by atoms with Crippen molar-refractivity contribution in [2.75, 3.05) is 26.1 Å². The monoisotopic (exact) mass is 446 g/mol. The number of ketones is 2. The lowest BCUT2D eigenvalue weighted by molar-refractivity contribution is -0.140. The lowest BCUT2D eigenvalue weighted by Gasteiger charge is -2.26. The maximum Gasteiger partial charge on any atom is 0.179 e. The molecule has 1 aromatic rings. The van der Waals surface area contributed by atoms with Gasteiger partial charge in [0.15, 0.2) is 21.9 Å². The molecule has 1 unspecified atom stereocenters. The van der Waals surface area contributed by atoms with Crippen molar-refractivity contribution in [1.82, 2.24) is 0 Å². The summed E-state index contributed by atoms with van der Waals surface area (Å²) in [6, 6.07) is 2.57. The molecule has 1 aliphatic heterocycles. The van der Waals surface area contributed by atoms with Crippen LogP contribution in [0.2, 0.25) is 5.02 Å². The van der Waals surface area contributed by atoms with E-state index in [-0.39, 0.29) is 52.2 Å². The number of rotatable bonds is 7. The first kappa shape index (κ1) is 22.2. The average Bonchev–Trinajstić information content (AvgIpc) is 3.15. The zero-order valence-corrected chi connectivity index (χ0v) is 17.5. The van der Waals surface area contributed by atoms with Gasteiger partial charge in [0.2, 0.25) is 0 Å². The number of hydrogen-bond acceptors (Lipinski definition) is 8. The highest BCUT2D eigenvalue weighted by Gasteiger charge is 2.38. The van der Waals surface area contributed by atoms with E-state index in [4.69, 9.17) is 25.8 Å². The van der Waals surface area contributed by atoms with Crippen molar-refractivity contribution >= 4 is 33.0 Å². The molecule has 1 saturated carbocycles. The molecule has 8 nitrogen and oxygen atoms in total. The number of sulfone groups is 1. The molecule has 2 fully saturated rings. The number of halogens is 1. The van der Waals surface area contributed by atoms with Crippen LogP contribution in [0.25, 0.3) is 0 Å². The van der Waals surface area contributed by atoms with Crippen LogP contribution in [0.5, 0.6) is 5.75 Å². The minimum atomic E-state index is -3.68. The Morgan fingerprint density at radius 3 is 2.41 bits per heavy atom. The standard InChI is InChI=1S/C19H23ClO8S/c1-29(24,25)14-6-5-11(18(23)16-12(21)3-2-4-13(16)22)17(20)19(14)28-8-7-15-26-9-10-27-15/h5-6,15-16,18,23H,2-4,7-10H2,1H3. The summed E-state index contributed by atoms with van der Waals surface area (Å²) < 4.78 is 40.6. The lowest BCUT2D eigenvalue weighted by atomic mass is 9.80. The summed E-state index contributed by atoms with van der Waals surface area (Å²) in [6.07, 6.45) is 0.322. The van der Waals surface area contributed by atoms with E-state index in [0.29, 0.717) is 26.1 Å². The third kappa shape index (κ3) is 4.97. The zero-order chi connectivity index (χ0) is 21.2. The van der Waals surface area contributed by atoms with E-state index in [0.717, 1.165) is 6.26 Å². The van der Waals surface area contributed by atoms with Gasteiger partial charge in [-0.3, -0.25) is 9.59 Å². The quantitative estimate of drug-likeness (QED) is 0.631. The van der Waals surface area contributed by atoms with E-state index < -0.39 is 28.1 Å². The molecule has 10 heteroatoms. The van der Waals surface area contributed by atoms with E-state index in [9.17, 15) is 23.1 Å². The summed E-state index contributed by atoms with van der Waals surface area (Å²) in [4.78, 5) is 24.2. The van der Waals surface area contributed by atoms with Crippen LogP contribution in [0.15, 0.2) is 17.0 Å². The lowest BCUT2D eigenvalue weighted by Crippen LogP contribution is -2.33. The largest absolute Gasteiger partial charge is 0.490 e. The Morgan fingerprint density at radius 2 is 1.83 bits per heavy atom. The van der Waals surface area contributed by atoms with E-state index in [1.165, 1.54) is 12.1 Å². The minimum Gasteiger partial charge on any atom is -0.490 e. The fourth-order valence-electron chi connectivity index (χ4n) is 3.50. The molecule has 0 bridgehead atoms. The first-order chi connectivity index (χ1) is 13.7. The number of carbonyl (C=O) groups excluding carboxylic acids is 2. The summed E-state index contributed by atoms with van der Waals surface area (Å²) in [5, 5.41) is 10.6. The number of carbonyl (C=O) groups is 2. The van der Waals surface area contributed by atoms with Crippen LogP contribution < -0.4 is 4.74 Å². The van der Waals surface area contributed by atoms with Crippen molar-refractivity contribution in [2.45, 2.75) is 43.0 Å². The van der Waals surface area contributed by atoms with Gasteiger partial charge in [0, 0.05) is 31.1 Å². The Bertz CT molecular complexity index is 876. The molecule has 2 aliphatic rings. The SMILES string of the molecule is CS(=O)(=O)c1ccc(C(O)C2C(=O)CCCC2=O)c(Cl)c1OCCC1OCCO1. The van der Waals surface area contributed by atoms with Crippen LogP contribution in [-0.2, 0) is 28.9 Å². The maximum absolute atomic E-state index is 12.2. The Morgan fingerprint density at radius 1 is 1.21 bits per heavy atom. The van der Waals surface area contributed by atoms with Gasteiger partial charge >= 0.3 is 0 Å². The Kier molecular flexibility index (Phi) is 6.95. The van der Waals surface area contributed by atoms with Gasteiger partial charge in [-0.15, -0.1) is 0 Å². The molecule has 0 radical (unpaired) electrons. The van der Waals surface area contributed by atoms with Crippen LogP contribution in [0, 0.1) is 5.92 Å². The normalized spacial score (nSPS) is 20.2. The highest BCUT2D eigenvalue weighted by atomic mass is 35.5. The van der Waals surface area contributed by atoms with Crippen molar-refractivity contribution < 1.29 is 37.3 Å². The number of ether oxygens (including phenoxy) is 3.